The minimum atomic E-state index is -3.48. The first-order chi connectivity index (χ1) is 11.3. The average molecular weight is 346 g/mol. The Morgan fingerprint density at radius 1 is 1.08 bits per heavy atom. The van der Waals surface area contributed by atoms with E-state index in [0.717, 1.165) is 22.4 Å². The molecule has 0 aliphatic carbocycles. The monoisotopic (exact) mass is 346 g/mol. The lowest BCUT2D eigenvalue weighted by Gasteiger charge is -2.38. The quantitative estimate of drug-likeness (QED) is 0.854. The first kappa shape index (κ1) is 16.9. The zero-order chi connectivity index (χ0) is 17.5. The first-order valence-electron chi connectivity index (χ1n) is 7.95. The van der Waals surface area contributed by atoms with Gasteiger partial charge in [0.1, 0.15) is 6.10 Å². The highest BCUT2D eigenvalue weighted by molar-refractivity contribution is 7.89. The first-order valence-corrected chi connectivity index (χ1v) is 9.39. The van der Waals surface area contributed by atoms with E-state index < -0.39 is 10.0 Å². The molecule has 0 N–H and O–H groups in total. The molecule has 5 nitrogen and oxygen atoms in total. The van der Waals surface area contributed by atoms with Crippen LogP contribution in [0.25, 0.3) is 0 Å². The molecule has 0 amide bonds. The second-order valence-corrected chi connectivity index (χ2v) is 8.28. The van der Waals surface area contributed by atoms with Gasteiger partial charge in [-0.1, -0.05) is 23.8 Å². The second-order valence-electron chi connectivity index (χ2n) is 6.41. The number of pyridine rings is 1. The maximum absolute atomic E-state index is 12.9. The molecule has 1 aromatic carbocycles. The normalized spacial score (nSPS) is 16.0. The Morgan fingerprint density at radius 3 is 2.29 bits per heavy atom. The summed E-state index contributed by atoms with van der Waals surface area (Å²) in [5.41, 5.74) is 3.52. The van der Waals surface area contributed by atoms with Crippen LogP contribution >= 0.6 is 0 Å². The number of sulfonamides is 1. The van der Waals surface area contributed by atoms with Crippen molar-refractivity contribution in [1.82, 2.24) is 9.29 Å². The molecule has 0 saturated carbocycles. The van der Waals surface area contributed by atoms with E-state index in [1.54, 1.807) is 6.07 Å². The lowest BCUT2D eigenvalue weighted by molar-refractivity contribution is 0.0719. The molecule has 6 heteroatoms. The van der Waals surface area contributed by atoms with E-state index in [0.29, 0.717) is 23.9 Å². The van der Waals surface area contributed by atoms with Crippen LogP contribution < -0.4 is 4.74 Å². The van der Waals surface area contributed by atoms with Gasteiger partial charge in [-0.05, 0) is 44.9 Å². The van der Waals surface area contributed by atoms with E-state index in [4.69, 9.17) is 4.74 Å². The minimum absolute atomic E-state index is 0.153. The van der Waals surface area contributed by atoms with E-state index in [-0.39, 0.29) is 6.10 Å². The Bertz CT molecular complexity index is 849. The summed E-state index contributed by atoms with van der Waals surface area (Å²) >= 11 is 0. The highest BCUT2D eigenvalue weighted by Gasteiger charge is 2.39. The molecular formula is C18H22N2O3S. The number of aryl methyl sites for hydroxylation is 4. The van der Waals surface area contributed by atoms with Crippen molar-refractivity contribution in [2.45, 2.75) is 38.7 Å². The fraction of sp³-hybridized carbons (Fsp3) is 0.389. The van der Waals surface area contributed by atoms with Crippen LogP contribution in [-0.4, -0.2) is 36.9 Å². The molecule has 0 bridgehead atoms. The third-order valence-electron chi connectivity index (χ3n) is 4.17. The van der Waals surface area contributed by atoms with Crippen LogP contribution in [-0.2, 0) is 10.0 Å². The van der Waals surface area contributed by atoms with Crippen LogP contribution in [0.15, 0.2) is 35.2 Å². The fourth-order valence-corrected chi connectivity index (χ4v) is 5.04. The van der Waals surface area contributed by atoms with Gasteiger partial charge in [0.2, 0.25) is 15.9 Å². The molecule has 0 radical (unpaired) electrons. The molecule has 2 aromatic rings. The molecule has 0 spiro atoms. The molecule has 0 atom stereocenters. The van der Waals surface area contributed by atoms with Crippen molar-refractivity contribution in [2.75, 3.05) is 13.1 Å². The summed E-state index contributed by atoms with van der Waals surface area (Å²) < 4.78 is 33.0. The zero-order valence-electron chi connectivity index (χ0n) is 14.4. The molecule has 2 heterocycles. The lowest BCUT2D eigenvalue weighted by Crippen LogP contribution is -2.56. The number of ether oxygens (including phenoxy) is 1. The van der Waals surface area contributed by atoms with Crippen molar-refractivity contribution in [1.29, 1.82) is 0 Å². The maximum Gasteiger partial charge on any atom is 0.243 e. The standard InChI is InChI=1S/C18H22N2O3S/c1-12-8-13(2)18(14(3)9-12)24(21,22)20-10-16(11-20)23-17-7-5-6-15(4)19-17/h5-9,16H,10-11H2,1-4H3. The van der Waals surface area contributed by atoms with Crippen molar-refractivity contribution in [3.63, 3.8) is 0 Å². The van der Waals surface area contributed by atoms with E-state index >= 15 is 0 Å². The third kappa shape index (κ3) is 3.16. The van der Waals surface area contributed by atoms with Crippen LogP contribution in [0.5, 0.6) is 5.88 Å². The minimum Gasteiger partial charge on any atom is -0.472 e. The summed E-state index contributed by atoms with van der Waals surface area (Å²) in [6.45, 7) is 8.26. The van der Waals surface area contributed by atoms with Gasteiger partial charge in [-0.3, -0.25) is 0 Å². The Hall–Kier alpha value is -1.92. The topological polar surface area (TPSA) is 59.5 Å². The van der Waals surface area contributed by atoms with Gasteiger partial charge in [0.05, 0.1) is 18.0 Å². The van der Waals surface area contributed by atoms with Crippen LogP contribution in [0.1, 0.15) is 22.4 Å². The van der Waals surface area contributed by atoms with Crippen LogP contribution in [0.4, 0.5) is 0 Å². The SMILES string of the molecule is Cc1cc(C)c(S(=O)(=O)N2CC(Oc3cccc(C)n3)C2)c(C)c1. The number of hydrogen-bond acceptors (Lipinski definition) is 4. The van der Waals surface area contributed by atoms with Gasteiger partial charge >= 0.3 is 0 Å². The third-order valence-corrected chi connectivity index (χ3v) is 6.31. The van der Waals surface area contributed by atoms with Gasteiger partial charge in [-0.25, -0.2) is 13.4 Å². The molecule has 1 aliphatic heterocycles. The number of hydrogen-bond donors (Lipinski definition) is 0. The average Bonchev–Trinajstić information content (AvgIpc) is 2.40. The van der Waals surface area contributed by atoms with Gasteiger partial charge in [0.15, 0.2) is 0 Å². The summed E-state index contributed by atoms with van der Waals surface area (Å²) in [7, 11) is -3.48. The Kier molecular flexibility index (Phi) is 4.36. The van der Waals surface area contributed by atoms with Crippen LogP contribution in [0, 0.1) is 27.7 Å². The lowest BCUT2D eigenvalue weighted by atomic mass is 10.1. The Balaban J connectivity index is 1.73. The van der Waals surface area contributed by atoms with Gasteiger partial charge in [-0.2, -0.15) is 4.31 Å². The van der Waals surface area contributed by atoms with Gasteiger partial charge < -0.3 is 4.74 Å². The molecule has 3 rings (SSSR count). The fourth-order valence-electron chi connectivity index (χ4n) is 3.13. The van der Waals surface area contributed by atoms with Gasteiger partial charge in [0.25, 0.3) is 0 Å². The molecule has 1 saturated heterocycles. The summed E-state index contributed by atoms with van der Waals surface area (Å²) in [5.74, 6) is 0.541. The maximum atomic E-state index is 12.9. The summed E-state index contributed by atoms with van der Waals surface area (Å²) in [6, 6.07) is 9.38. The van der Waals surface area contributed by atoms with Crippen molar-refractivity contribution < 1.29 is 13.2 Å². The molecule has 24 heavy (non-hydrogen) atoms. The Labute approximate surface area is 143 Å². The number of nitrogens with zero attached hydrogens (tertiary/aromatic N) is 2. The van der Waals surface area contributed by atoms with Gasteiger partial charge in [0, 0.05) is 11.8 Å². The van der Waals surface area contributed by atoms with Crippen molar-refractivity contribution in [2.24, 2.45) is 0 Å². The smallest absolute Gasteiger partial charge is 0.243 e. The predicted molar refractivity (Wildman–Crippen MR) is 92.8 cm³/mol. The molecular weight excluding hydrogens is 324 g/mol. The van der Waals surface area contributed by atoms with E-state index in [9.17, 15) is 8.42 Å². The largest absolute Gasteiger partial charge is 0.472 e. The number of benzene rings is 1. The summed E-state index contributed by atoms with van der Waals surface area (Å²) in [6.07, 6.45) is -0.153. The number of aromatic nitrogens is 1. The molecule has 1 aliphatic rings. The molecule has 1 aromatic heterocycles. The predicted octanol–water partition coefficient (Wildman–Crippen LogP) is 2.77. The molecule has 0 unspecified atom stereocenters. The zero-order valence-corrected chi connectivity index (χ0v) is 15.2. The highest BCUT2D eigenvalue weighted by atomic mass is 32.2. The summed E-state index contributed by atoms with van der Waals surface area (Å²) in [4.78, 5) is 4.71. The molecule has 128 valence electrons. The van der Waals surface area contributed by atoms with Crippen molar-refractivity contribution >= 4 is 10.0 Å². The number of rotatable bonds is 4. The second kappa shape index (κ2) is 6.18. The summed E-state index contributed by atoms with van der Waals surface area (Å²) in [5, 5.41) is 0. The van der Waals surface area contributed by atoms with Crippen LogP contribution in [0.3, 0.4) is 0 Å². The van der Waals surface area contributed by atoms with Crippen molar-refractivity contribution in [3.05, 3.63) is 52.7 Å². The van der Waals surface area contributed by atoms with E-state index in [1.807, 2.05) is 52.0 Å². The van der Waals surface area contributed by atoms with Crippen molar-refractivity contribution in [3.8, 4) is 5.88 Å². The van der Waals surface area contributed by atoms with Crippen LogP contribution in [0.2, 0.25) is 0 Å². The molecule has 1 fully saturated rings. The van der Waals surface area contributed by atoms with E-state index in [1.165, 1.54) is 4.31 Å². The highest BCUT2D eigenvalue weighted by Crippen LogP contribution is 2.29. The van der Waals surface area contributed by atoms with E-state index in [2.05, 4.69) is 4.98 Å². The van der Waals surface area contributed by atoms with Gasteiger partial charge in [-0.15, -0.1) is 0 Å². The Morgan fingerprint density at radius 2 is 1.71 bits per heavy atom.